The number of carboxylic acid groups (broad SMARTS) is 1. The lowest BCUT2D eigenvalue weighted by Crippen LogP contribution is -2.62. The molecule has 0 saturated heterocycles. The Balaban J connectivity index is 1.38. The number of allylic oxidation sites excluding steroid dienone is 1. The number of carboxylic acids is 1. The van der Waals surface area contributed by atoms with E-state index in [0.29, 0.717) is 19.3 Å². The average Bonchev–Trinajstić information content (AvgIpc) is 3.15. The minimum Gasteiger partial charge on any atom is -0.480 e. The van der Waals surface area contributed by atoms with Gasteiger partial charge >= 0.3 is 11.9 Å². The van der Waals surface area contributed by atoms with Crippen LogP contribution in [0, 0.1) is 34.5 Å². The Morgan fingerprint density at radius 3 is 2.45 bits per heavy atom. The Labute approximate surface area is 234 Å². The van der Waals surface area contributed by atoms with E-state index < -0.39 is 53.4 Å². The highest BCUT2D eigenvalue weighted by molar-refractivity contribution is 5.92. The third-order valence-corrected chi connectivity index (χ3v) is 10.7. The Kier molecular flexibility index (Phi) is 8.36. The molecule has 1 unspecified atom stereocenters. The number of hydrogen-bond acceptors (Lipinski definition) is 8. The summed E-state index contributed by atoms with van der Waals surface area (Å²) in [5, 5.41) is 34.8. The second-order valence-corrected chi connectivity index (χ2v) is 13.2. The van der Waals surface area contributed by atoms with E-state index in [1.807, 2.05) is 6.92 Å². The van der Waals surface area contributed by atoms with E-state index in [1.165, 1.54) is 0 Å². The molecular weight excluding hydrogens is 518 g/mol. The van der Waals surface area contributed by atoms with Gasteiger partial charge < -0.3 is 25.4 Å². The maximum atomic E-state index is 13.4. The maximum Gasteiger partial charge on any atom is 0.326 e. The Morgan fingerprint density at radius 1 is 1.10 bits per heavy atom. The van der Waals surface area contributed by atoms with Crippen LogP contribution in [0.1, 0.15) is 85.5 Å². The van der Waals surface area contributed by atoms with Crippen LogP contribution >= 0.6 is 0 Å². The maximum absolute atomic E-state index is 13.4. The van der Waals surface area contributed by atoms with Crippen molar-refractivity contribution in [3.8, 4) is 0 Å². The third-order valence-electron chi connectivity index (χ3n) is 10.7. The van der Waals surface area contributed by atoms with Gasteiger partial charge in [0.2, 0.25) is 11.7 Å². The van der Waals surface area contributed by atoms with E-state index in [2.05, 4.69) is 12.2 Å². The normalized spacial score (nSPS) is 37.5. The van der Waals surface area contributed by atoms with Crippen LogP contribution in [0.4, 0.5) is 0 Å². The molecule has 4 N–H and O–H groups in total. The second kappa shape index (κ2) is 11.0. The molecule has 10 heteroatoms. The van der Waals surface area contributed by atoms with Gasteiger partial charge in [-0.3, -0.25) is 19.2 Å². The van der Waals surface area contributed by atoms with Crippen molar-refractivity contribution in [1.29, 1.82) is 0 Å². The molecule has 0 aromatic carbocycles. The molecule has 222 valence electrons. The van der Waals surface area contributed by atoms with Gasteiger partial charge in [-0.05, 0) is 73.7 Å². The summed E-state index contributed by atoms with van der Waals surface area (Å²) in [7, 11) is 0. The summed E-state index contributed by atoms with van der Waals surface area (Å²) in [4.78, 5) is 61.1. The second-order valence-electron chi connectivity index (χ2n) is 13.2. The largest absolute Gasteiger partial charge is 0.480 e. The molecule has 10 nitrogen and oxygen atoms in total. The molecule has 0 aliphatic heterocycles. The zero-order valence-corrected chi connectivity index (χ0v) is 23.9. The van der Waals surface area contributed by atoms with Crippen LogP contribution in [0.15, 0.2) is 11.6 Å². The van der Waals surface area contributed by atoms with E-state index in [1.54, 1.807) is 19.9 Å². The minimum atomic E-state index is -1.76. The van der Waals surface area contributed by atoms with Crippen LogP contribution in [0.5, 0.6) is 0 Å². The first-order chi connectivity index (χ1) is 18.6. The molecule has 0 spiro atoms. The molecule has 3 fully saturated rings. The number of nitrogens with one attached hydrogen (secondary N) is 1. The van der Waals surface area contributed by atoms with Gasteiger partial charge in [0.15, 0.2) is 12.4 Å². The molecule has 0 radical (unpaired) electrons. The zero-order valence-electron chi connectivity index (χ0n) is 23.9. The number of hydrogen-bond donors (Lipinski definition) is 4. The number of ketones is 2. The van der Waals surface area contributed by atoms with Crippen molar-refractivity contribution in [3.05, 3.63) is 11.6 Å². The number of aliphatic hydroxyl groups is 2. The first kappa shape index (κ1) is 30.4. The minimum absolute atomic E-state index is 0.00777. The van der Waals surface area contributed by atoms with Crippen molar-refractivity contribution >= 4 is 29.4 Å². The van der Waals surface area contributed by atoms with Crippen molar-refractivity contribution < 1.29 is 44.0 Å². The number of carbonyl (C=O) groups is 5. The van der Waals surface area contributed by atoms with Gasteiger partial charge in [0.25, 0.3) is 0 Å². The summed E-state index contributed by atoms with van der Waals surface area (Å²) in [5.74, 6) is -3.31. The lowest BCUT2D eigenvalue weighted by Gasteiger charge is -2.60. The van der Waals surface area contributed by atoms with Crippen LogP contribution in [0.25, 0.3) is 0 Å². The van der Waals surface area contributed by atoms with E-state index >= 15 is 0 Å². The zero-order chi connectivity index (χ0) is 29.6. The molecular formula is C30H43NO9. The topological polar surface area (TPSA) is 167 Å². The molecule has 4 aliphatic rings. The average molecular weight is 562 g/mol. The standard InChI is InChI=1S/C30H43NO9/c1-16(2)26(27(37)38)31-23(35)7-8-24(36)40-15-22(34)30(39)12-10-20-19-6-5-17-13-18(32)9-11-28(17,3)25(19)21(33)14-29(20,30)4/h13,16,19-21,25-26,33,39H,5-12,14-15H2,1-4H3,(H,31,35)(H,37,38)/t19-,20-,21-,25+,26?,28-,29-,30-/m0/s1. The van der Waals surface area contributed by atoms with E-state index in [9.17, 15) is 39.3 Å². The fourth-order valence-electron chi connectivity index (χ4n) is 8.46. The Bertz CT molecular complexity index is 1110. The van der Waals surface area contributed by atoms with Crippen molar-refractivity contribution in [2.24, 2.45) is 34.5 Å². The smallest absolute Gasteiger partial charge is 0.326 e. The number of ether oxygens (including phenoxy) is 1. The van der Waals surface area contributed by atoms with Gasteiger partial charge in [-0.15, -0.1) is 0 Å². The van der Waals surface area contributed by atoms with Gasteiger partial charge in [-0.1, -0.05) is 33.3 Å². The highest BCUT2D eigenvalue weighted by Crippen LogP contribution is 2.67. The summed E-state index contributed by atoms with van der Waals surface area (Å²) in [6.07, 6.45) is 4.20. The summed E-state index contributed by atoms with van der Waals surface area (Å²) < 4.78 is 5.14. The third kappa shape index (κ3) is 5.13. The van der Waals surface area contributed by atoms with E-state index in [0.717, 1.165) is 18.4 Å². The van der Waals surface area contributed by atoms with Crippen LogP contribution in [0.2, 0.25) is 0 Å². The predicted molar refractivity (Wildman–Crippen MR) is 143 cm³/mol. The summed E-state index contributed by atoms with van der Waals surface area (Å²) in [5.41, 5.74) is -1.81. The highest BCUT2D eigenvalue weighted by Gasteiger charge is 2.68. The lowest BCUT2D eigenvalue weighted by atomic mass is 9.45. The summed E-state index contributed by atoms with van der Waals surface area (Å²) in [6, 6.07) is -1.07. The number of Topliss-reactive ketones (excluding diaryl/α,β-unsaturated/α-hetero) is 1. The molecule has 0 aromatic rings. The van der Waals surface area contributed by atoms with Gasteiger partial charge in [0.1, 0.15) is 11.6 Å². The molecule has 0 aromatic heterocycles. The molecule has 0 heterocycles. The number of rotatable bonds is 9. The SMILES string of the molecule is CC(C)C(NC(=O)CCC(=O)OCC(=O)[C@@]1(O)CC[C@H]2[C@@H]3CCC4=CC(=O)CC[C@]4(C)[C@H]3[C@@H](O)C[C@@]21C)C(=O)O. The van der Waals surface area contributed by atoms with Gasteiger partial charge in [-0.2, -0.15) is 0 Å². The molecule has 8 atom stereocenters. The number of aliphatic hydroxyl groups excluding tert-OH is 1. The van der Waals surface area contributed by atoms with Crippen molar-refractivity contribution in [2.45, 2.75) is 103 Å². The van der Waals surface area contributed by atoms with Crippen molar-refractivity contribution in [1.82, 2.24) is 5.32 Å². The van der Waals surface area contributed by atoms with Gasteiger partial charge in [-0.25, -0.2) is 4.79 Å². The van der Waals surface area contributed by atoms with Gasteiger partial charge in [0, 0.05) is 18.3 Å². The van der Waals surface area contributed by atoms with E-state index in [4.69, 9.17) is 4.74 Å². The molecule has 4 aliphatic carbocycles. The number of amides is 1. The molecule has 3 saturated carbocycles. The fraction of sp³-hybridized carbons (Fsp3) is 0.767. The number of aliphatic carboxylic acids is 1. The van der Waals surface area contributed by atoms with Crippen molar-refractivity contribution in [3.63, 3.8) is 0 Å². The summed E-state index contributed by atoms with van der Waals surface area (Å²) >= 11 is 0. The van der Waals surface area contributed by atoms with Crippen LogP contribution in [-0.2, 0) is 28.7 Å². The molecule has 0 bridgehead atoms. The van der Waals surface area contributed by atoms with E-state index in [-0.39, 0.29) is 60.6 Å². The van der Waals surface area contributed by atoms with Crippen LogP contribution < -0.4 is 5.32 Å². The summed E-state index contributed by atoms with van der Waals surface area (Å²) in [6.45, 7) is 6.68. The first-order valence-corrected chi connectivity index (χ1v) is 14.5. The fourth-order valence-corrected chi connectivity index (χ4v) is 8.46. The van der Waals surface area contributed by atoms with Crippen LogP contribution in [-0.4, -0.2) is 69.1 Å². The molecule has 4 rings (SSSR count). The number of esters is 1. The van der Waals surface area contributed by atoms with Crippen LogP contribution in [0.3, 0.4) is 0 Å². The monoisotopic (exact) mass is 561 g/mol. The highest BCUT2D eigenvalue weighted by atomic mass is 16.5. The first-order valence-electron chi connectivity index (χ1n) is 14.5. The molecule has 1 amide bonds. The lowest BCUT2D eigenvalue weighted by molar-refractivity contribution is -0.184. The predicted octanol–water partition coefficient (Wildman–Crippen LogP) is 2.34. The van der Waals surface area contributed by atoms with Crippen molar-refractivity contribution in [2.75, 3.05) is 6.61 Å². The quantitative estimate of drug-likeness (QED) is 0.309. The Morgan fingerprint density at radius 2 is 1.80 bits per heavy atom. The number of fused-ring (bicyclic) bond motifs is 5. The Hall–Kier alpha value is -2.59. The number of carbonyl (C=O) groups excluding carboxylic acids is 4. The van der Waals surface area contributed by atoms with Gasteiger partial charge in [0.05, 0.1) is 12.5 Å². The molecule has 40 heavy (non-hydrogen) atoms.